The molecule has 0 saturated heterocycles. The summed E-state index contributed by atoms with van der Waals surface area (Å²) in [6.07, 6.45) is 0.645. The second-order valence-electron chi connectivity index (χ2n) is 5.08. The Labute approximate surface area is 125 Å². The lowest BCUT2D eigenvalue weighted by atomic mass is 9.99. The molecule has 0 fully saturated rings. The molecule has 0 saturated carbocycles. The predicted molar refractivity (Wildman–Crippen MR) is 78.9 cm³/mol. The Bertz CT molecular complexity index is 582. The van der Waals surface area contributed by atoms with E-state index < -0.39 is 22.2 Å². The van der Waals surface area contributed by atoms with Crippen LogP contribution in [0.15, 0.2) is 10.6 Å². The van der Waals surface area contributed by atoms with E-state index in [2.05, 4.69) is 15.2 Å². The second kappa shape index (κ2) is 7.01. The zero-order valence-electron chi connectivity index (χ0n) is 12.9. The lowest BCUT2D eigenvalue weighted by Crippen LogP contribution is -2.50. The molecule has 0 radical (unpaired) electrons. The minimum atomic E-state index is -3.71. The van der Waals surface area contributed by atoms with Gasteiger partial charge in [0.1, 0.15) is 11.8 Å². The van der Waals surface area contributed by atoms with Crippen LogP contribution >= 0.6 is 0 Å². The number of aryl methyl sites for hydroxylation is 1. The van der Waals surface area contributed by atoms with Gasteiger partial charge < -0.3 is 9.84 Å². The van der Waals surface area contributed by atoms with Crippen molar-refractivity contribution in [1.82, 2.24) is 14.2 Å². The van der Waals surface area contributed by atoms with Crippen LogP contribution in [0.2, 0.25) is 0 Å². The summed E-state index contributed by atoms with van der Waals surface area (Å²) in [6.45, 7) is 5.38. The molecule has 1 heterocycles. The minimum Gasteiger partial charge on any atom is -0.360 e. The van der Waals surface area contributed by atoms with Gasteiger partial charge in [0.2, 0.25) is 5.91 Å². The van der Waals surface area contributed by atoms with Crippen LogP contribution in [0.4, 0.5) is 5.82 Å². The molecule has 8 nitrogen and oxygen atoms in total. The number of rotatable bonds is 7. The molecule has 9 heteroatoms. The molecule has 1 amide bonds. The smallest absolute Gasteiger partial charge is 0.279 e. The largest absolute Gasteiger partial charge is 0.360 e. The fourth-order valence-corrected chi connectivity index (χ4v) is 2.43. The maximum atomic E-state index is 12.3. The molecule has 21 heavy (non-hydrogen) atoms. The van der Waals surface area contributed by atoms with Crippen LogP contribution in [0.3, 0.4) is 0 Å². The third-order valence-electron chi connectivity index (χ3n) is 3.13. The first-order chi connectivity index (χ1) is 9.67. The van der Waals surface area contributed by atoms with E-state index in [0.29, 0.717) is 12.2 Å². The summed E-state index contributed by atoms with van der Waals surface area (Å²) in [5.74, 6) is 0.171. The van der Waals surface area contributed by atoms with Gasteiger partial charge in [0, 0.05) is 20.2 Å². The van der Waals surface area contributed by atoms with Crippen molar-refractivity contribution < 1.29 is 17.7 Å². The Morgan fingerprint density at radius 3 is 2.52 bits per heavy atom. The summed E-state index contributed by atoms with van der Waals surface area (Å²) in [7, 11) is -0.911. The molecular formula is C12H22N4O4S. The molecule has 1 rings (SSSR count). The number of hydrogen-bond acceptors (Lipinski definition) is 5. The first-order valence-corrected chi connectivity index (χ1v) is 8.05. The molecule has 0 bridgehead atoms. The average Bonchev–Trinajstić information content (AvgIpc) is 2.80. The molecule has 0 aliphatic rings. The van der Waals surface area contributed by atoms with Gasteiger partial charge in [-0.3, -0.25) is 4.79 Å². The molecule has 2 atom stereocenters. The summed E-state index contributed by atoms with van der Waals surface area (Å²) < 4.78 is 32.1. The third-order valence-corrected chi connectivity index (χ3v) is 4.64. The first kappa shape index (κ1) is 17.6. The van der Waals surface area contributed by atoms with E-state index in [1.165, 1.54) is 14.1 Å². The highest BCUT2D eigenvalue weighted by atomic mass is 32.2. The van der Waals surface area contributed by atoms with Gasteiger partial charge in [-0.25, -0.2) is 0 Å². The van der Waals surface area contributed by atoms with E-state index in [9.17, 15) is 13.2 Å². The summed E-state index contributed by atoms with van der Waals surface area (Å²) in [6, 6.07) is 0.672. The second-order valence-corrected chi connectivity index (χ2v) is 7.00. The van der Waals surface area contributed by atoms with Crippen LogP contribution in [0.1, 0.15) is 26.0 Å². The summed E-state index contributed by atoms with van der Waals surface area (Å²) in [5.41, 5.74) is 0. The van der Waals surface area contributed by atoms with Crippen molar-refractivity contribution in [3.05, 3.63) is 11.8 Å². The van der Waals surface area contributed by atoms with Crippen LogP contribution in [-0.4, -0.2) is 43.9 Å². The van der Waals surface area contributed by atoms with E-state index in [4.69, 9.17) is 4.52 Å². The van der Waals surface area contributed by atoms with Crippen molar-refractivity contribution in [3.63, 3.8) is 0 Å². The van der Waals surface area contributed by atoms with E-state index in [-0.39, 0.29) is 11.7 Å². The van der Waals surface area contributed by atoms with Crippen molar-refractivity contribution in [2.24, 2.45) is 5.92 Å². The van der Waals surface area contributed by atoms with E-state index in [1.807, 2.05) is 6.92 Å². The van der Waals surface area contributed by atoms with Crippen molar-refractivity contribution in [2.45, 2.75) is 33.2 Å². The number of carbonyl (C=O) groups excluding carboxylic acids is 1. The van der Waals surface area contributed by atoms with Crippen LogP contribution < -0.4 is 10.0 Å². The monoisotopic (exact) mass is 318 g/mol. The molecule has 0 spiro atoms. The zero-order chi connectivity index (χ0) is 16.2. The zero-order valence-corrected chi connectivity index (χ0v) is 13.7. The van der Waals surface area contributed by atoms with E-state index in [0.717, 1.165) is 4.31 Å². The van der Waals surface area contributed by atoms with Gasteiger partial charge in [-0.1, -0.05) is 25.4 Å². The predicted octanol–water partition coefficient (Wildman–Crippen LogP) is 0.732. The van der Waals surface area contributed by atoms with Gasteiger partial charge in [0.25, 0.3) is 10.2 Å². The molecule has 0 aliphatic heterocycles. The highest BCUT2D eigenvalue weighted by Gasteiger charge is 2.30. The van der Waals surface area contributed by atoms with Crippen molar-refractivity contribution >= 4 is 21.9 Å². The minimum absolute atomic E-state index is 0.173. The lowest BCUT2D eigenvalue weighted by molar-refractivity contribution is -0.118. The fraction of sp³-hybridized carbons (Fsp3) is 0.667. The van der Waals surface area contributed by atoms with Gasteiger partial charge in [0.15, 0.2) is 5.82 Å². The summed E-state index contributed by atoms with van der Waals surface area (Å²) >= 11 is 0. The quantitative estimate of drug-likeness (QED) is 0.771. The Balaban J connectivity index is 2.89. The van der Waals surface area contributed by atoms with Gasteiger partial charge >= 0.3 is 0 Å². The number of aromatic nitrogens is 1. The number of nitrogens with one attached hydrogen (secondary N) is 2. The molecule has 2 N–H and O–H groups in total. The standard InChI is InChI=1S/C12H22N4O4S/c1-6-8(2)11(15-21(18,19)16(4)5)12(17)13-10-7-9(3)20-14-10/h7-8,11,15H,6H2,1-5H3,(H,13,14,17)/t8?,11-/m0/s1. The first-order valence-electron chi connectivity index (χ1n) is 6.61. The van der Waals surface area contributed by atoms with Crippen LogP contribution in [0.25, 0.3) is 0 Å². The fourth-order valence-electron chi connectivity index (χ4n) is 1.56. The Morgan fingerprint density at radius 2 is 2.10 bits per heavy atom. The average molecular weight is 318 g/mol. The maximum Gasteiger partial charge on any atom is 0.279 e. The summed E-state index contributed by atoms with van der Waals surface area (Å²) in [5, 5.41) is 6.21. The molecule has 1 unspecified atom stereocenters. The van der Waals surface area contributed by atoms with Gasteiger partial charge in [-0.2, -0.15) is 17.4 Å². The van der Waals surface area contributed by atoms with Gasteiger partial charge in [-0.05, 0) is 12.8 Å². The SMILES string of the molecule is CCC(C)[C@H](NS(=O)(=O)N(C)C)C(=O)Nc1cc(C)on1. The van der Waals surface area contributed by atoms with E-state index >= 15 is 0 Å². The Kier molecular flexibility index (Phi) is 5.87. The van der Waals surface area contributed by atoms with Gasteiger partial charge in [0.05, 0.1) is 0 Å². The molecule has 1 aromatic rings. The molecule has 1 aromatic heterocycles. The molecule has 0 aromatic carbocycles. The van der Waals surface area contributed by atoms with Crippen LogP contribution in [-0.2, 0) is 15.0 Å². The number of amides is 1. The Hall–Kier alpha value is -1.45. The molecule has 0 aliphatic carbocycles. The number of hydrogen-bond donors (Lipinski definition) is 2. The van der Waals surface area contributed by atoms with Crippen LogP contribution in [0.5, 0.6) is 0 Å². The van der Waals surface area contributed by atoms with E-state index in [1.54, 1.807) is 19.9 Å². The number of anilines is 1. The Morgan fingerprint density at radius 1 is 1.48 bits per heavy atom. The van der Waals surface area contributed by atoms with Crippen molar-refractivity contribution in [3.8, 4) is 0 Å². The maximum absolute atomic E-state index is 12.3. The van der Waals surface area contributed by atoms with Crippen molar-refractivity contribution in [1.29, 1.82) is 0 Å². The lowest BCUT2D eigenvalue weighted by Gasteiger charge is -2.24. The third kappa shape index (κ3) is 4.80. The van der Waals surface area contributed by atoms with Crippen molar-refractivity contribution in [2.75, 3.05) is 19.4 Å². The van der Waals surface area contributed by atoms with Gasteiger partial charge in [-0.15, -0.1) is 0 Å². The number of carbonyl (C=O) groups is 1. The van der Waals surface area contributed by atoms with Crippen LogP contribution in [0, 0.1) is 12.8 Å². The highest BCUT2D eigenvalue weighted by Crippen LogP contribution is 2.13. The molecule has 120 valence electrons. The topological polar surface area (TPSA) is 105 Å². The highest BCUT2D eigenvalue weighted by molar-refractivity contribution is 7.87. The summed E-state index contributed by atoms with van der Waals surface area (Å²) in [4.78, 5) is 12.3. The molecular weight excluding hydrogens is 296 g/mol. The normalized spacial score (nSPS) is 15.0. The number of nitrogens with zero attached hydrogens (tertiary/aromatic N) is 2.